The molecular formula is C15H15ClFNO. The van der Waals surface area contributed by atoms with Crippen molar-refractivity contribution in [1.29, 1.82) is 0 Å². The number of methoxy groups -OCH3 is 1. The first-order valence-corrected chi connectivity index (χ1v) is 6.30. The van der Waals surface area contributed by atoms with E-state index >= 15 is 0 Å². The first kappa shape index (κ1) is 13.8. The fraction of sp³-hybridized carbons (Fsp3) is 0.200. The second-order valence-electron chi connectivity index (χ2n) is 4.14. The Kier molecular flexibility index (Phi) is 4.40. The monoisotopic (exact) mass is 279 g/mol. The van der Waals surface area contributed by atoms with Gasteiger partial charge >= 0.3 is 0 Å². The molecule has 0 aliphatic carbocycles. The van der Waals surface area contributed by atoms with Crippen LogP contribution in [-0.4, -0.2) is 14.2 Å². The molecule has 1 atom stereocenters. The Hall–Kier alpha value is -1.58. The fourth-order valence-electron chi connectivity index (χ4n) is 2.04. The summed E-state index contributed by atoms with van der Waals surface area (Å²) in [6, 6.07) is 12.3. The topological polar surface area (TPSA) is 21.3 Å². The second kappa shape index (κ2) is 6.04. The molecule has 0 aliphatic heterocycles. The standard InChI is InChI=1S/C15H15ClFNO/c1-18-15(10-6-8-11(19-2)9-7-10)12-4-3-5-13(16)14(12)17/h3-9,15,18H,1-2H3. The first-order chi connectivity index (χ1) is 9.17. The van der Waals surface area contributed by atoms with Crippen LogP contribution in [0.3, 0.4) is 0 Å². The Labute approximate surface area is 117 Å². The summed E-state index contributed by atoms with van der Waals surface area (Å²) < 4.78 is 19.2. The predicted molar refractivity (Wildman–Crippen MR) is 75.3 cm³/mol. The Morgan fingerprint density at radius 1 is 1.16 bits per heavy atom. The highest BCUT2D eigenvalue weighted by Crippen LogP contribution is 2.28. The van der Waals surface area contributed by atoms with Crippen molar-refractivity contribution in [3.05, 3.63) is 64.4 Å². The maximum atomic E-state index is 14.1. The van der Waals surface area contributed by atoms with Crippen LogP contribution in [0.1, 0.15) is 17.2 Å². The molecule has 100 valence electrons. The number of rotatable bonds is 4. The smallest absolute Gasteiger partial charge is 0.146 e. The SMILES string of the molecule is CNC(c1ccc(OC)cc1)c1cccc(Cl)c1F. The van der Waals surface area contributed by atoms with E-state index in [1.54, 1.807) is 32.4 Å². The summed E-state index contributed by atoms with van der Waals surface area (Å²) >= 11 is 5.83. The van der Waals surface area contributed by atoms with Crippen molar-refractivity contribution in [3.63, 3.8) is 0 Å². The zero-order valence-electron chi connectivity index (χ0n) is 10.8. The van der Waals surface area contributed by atoms with Gasteiger partial charge in [0.15, 0.2) is 0 Å². The van der Waals surface area contributed by atoms with Crippen LogP contribution >= 0.6 is 11.6 Å². The molecule has 2 nitrogen and oxygen atoms in total. The van der Waals surface area contributed by atoms with Crippen molar-refractivity contribution in [2.24, 2.45) is 0 Å². The molecule has 0 spiro atoms. The van der Waals surface area contributed by atoms with Gasteiger partial charge in [-0.15, -0.1) is 0 Å². The number of hydrogen-bond acceptors (Lipinski definition) is 2. The lowest BCUT2D eigenvalue weighted by Gasteiger charge is -2.18. The van der Waals surface area contributed by atoms with Crippen LogP contribution in [0.5, 0.6) is 5.75 Å². The maximum absolute atomic E-state index is 14.1. The van der Waals surface area contributed by atoms with Crippen molar-refractivity contribution in [1.82, 2.24) is 5.32 Å². The van der Waals surface area contributed by atoms with E-state index in [2.05, 4.69) is 5.32 Å². The van der Waals surface area contributed by atoms with Gasteiger partial charge < -0.3 is 10.1 Å². The first-order valence-electron chi connectivity index (χ1n) is 5.92. The summed E-state index contributed by atoms with van der Waals surface area (Å²) in [4.78, 5) is 0. The van der Waals surface area contributed by atoms with Crippen LogP contribution in [0.25, 0.3) is 0 Å². The average Bonchev–Trinajstić information content (AvgIpc) is 2.45. The molecule has 2 aromatic rings. The predicted octanol–water partition coefficient (Wildman–Crippen LogP) is 3.80. The number of benzene rings is 2. The Morgan fingerprint density at radius 2 is 1.84 bits per heavy atom. The lowest BCUT2D eigenvalue weighted by atomic mass is 9.98. The lowest BCUT2D eigenvalue weighted by Crippen LogP contribution is -2.19. The van der Waals surface area contributed by atoms with E-state index in [0.29, 0.717) is 5.56 Å². The van der Waals surface area contributed by atoms with Crippen LogP contribution in [0, 0.1) is 5.82 Å². The normalized spacial score (nSPS) is 12.2. The molecule has 4 heteroatoms. The maximum Gasteiger partial charge on any atom is 0.146 e. The molecule has 0 fully saturated rings. The molecule has 1 N–H and O–H groups in total. The highest BCUT2D eigenvalue weighted by atomic mass is 35.5. The van der Waals surface area contributed by atoms with Gasteiger partial charge in [-0.25, -0.2) is 4.39 Å². The van der Waals surface area contributed by atoms with Crippen molar-refractivity contribution in [3.8, 4) is 5.75 Å². The van der Waals surface area contributed by atoms with Crippen LogP contribution in [0.4, 0.5) is 4.39 Å². The second-order valence-corrected chi connectivity index (χ2v) is 4.55. The van der Waals surface area contributed by atoms with Crippen LogP contribution < -0.4 is 10.1 Å². The fourth-order valence-corrected chi connectivity index (χ4v) is 2.22. The van der Waals surface area contributed by atoms with Gasteiger partial charge in [0, 0.05) is 5.56 Å². The minimum atomic E-state index is -0.390. The number of nitrogens with one attached hydrogen (secondary N) is 1. The molecule has 0 bridgehead atoms. The number of halogens is 2. The van der Waals surface area contributed by atoms with E-state index in [9.17, 15) is 4.39 Å². The van der Waals surface area contributed by atoms with E-state index in [-0.39, 0.29) is 16.9 Å². The third-order valence-electron chi connectivity index (χ3n) is 3.03. The van der Waals surface area contributed by atoms with Gasteiger partial charge in [-0.1, -0.05) is 35.9 Å². The van der Waals surface area contributed by atoms with Crippen LogP contribution in [0.15, 0.2) is 42.5 Å². The average molecular weight is 280 g/mol. The largest absolute Gasteiger partial charge is 0.497 e. The van der Waals surface area contributed by atoms with Gasteiger partial charge in [0.05, 0.1) is 18.2 Å². The summed E-state index contributed by atoms with van der Waals surface area (Å²) in [5, 5.41) is 3.23. The summed E-state index contributed by atoms with van der Waals surface area (Å²) in [6.07, 6.45) is 0. The number of hydrogen-bond donors (Lipinski definition) is 1. The van der Waals surface area contributed by atoms with Crippen LogP contribution in [-0.2, 0) is 0 Å². The third kappa shape index (κ3) is 2.88. The zero-order chi connectivity index (χ0) is 13.8. The van der Waals surface area contributed by atoms with Gasteiger partial charge in [0.2, 0.25) is 0 Å². The molecule has 0 aromatic heterocycles. The van der Waals surface area contributed by atoms with Gasteiger partial charge in [-0.2, -0.15) is 0 Å². The minimum absolute atomic E-state index is 0.131. The molecular weight excluding hydrogens is 265 g/mol. The molecule has 0 saturated heterocycles. The summed E-state index contributed by atoms with van der Waals surface area (Å²) in [7, 11) is 3.40. The highest BCUT2D eigenvalue weighted by Gasteiger charge is 2.17. The Morgan fingerprint density at radius 3 is 2.42 bits per heavy atom. The highest BCUT2D eigenvalue weighted by molar-refractivity contribution is 6.30. The molecule has 0 heterocycles. The summed E-state index contributed by atoms with van der Waals surface area (Å²) in [6.45, 7) is 0. The van der Waals surface area contributed by atoms with Crippen molar-refractivity contribution in [2.45, 2.75) is 6.04 Å². The van der Waals surface area contributed by atoms with E-state index < -0.39 is 0 Å². The van der Waals surface area contributed by atoms with E-state index in [0.717, 1.165) is 11.3 Å². The zero-order valence-corrected chi connectivity index (χ0v) is 11.5. The molecule has 0 amide bonds. The summed E-state index contributed by atoms with van der Waals surface area (Å²) in [5.41, 5.74) is 1.48. The van der Waals surface area contributed by atoms with Crippen molar-refractivity contribution in [2.75, 3.05) is 14.2 Å². The van der Waals surface area contributed by atoms with E-state index in [1.165, 1.54) is 0 Å². The molecule has 2 rings (SSSR count). The van der Waals surface area contributed by atoms with Gasteiger partial charge in [0.1, 0.15) is 11.6 Å². The Balaban J connectivity index is 2.40. The van der Waals surface area contributed by atoms with Crippen molar-refractivity contribution >= 4 is 11.6 Å². The molecule has 0 aliphatic rings. The minimum Gasteiger partial charge on any atom is -0.497 e. The Bertz CT molecular complexity index is 557. The molecule has 0 radical (unpaired) electrons. The van der Waals surface area contributed by atoms with Crippen molar-refractivity contribution < 1.29 is 9.13 Å². The quantitative estimate of drug-likeness (QED) is 0.919. The van der Waals surface area contributed by atoms with Gasteiger partial charge in [0.25, 0.3) is 0 Å². The lowest BCUT2D eigenvalue weighted by molar-refractivity contribution is 0.414. The van der Waals surface area contributed by atoms with Crippen LogP contribution in [0.2, 0.25) is 5.02 Å². The molecule has 1 unspecified atom stereocenters. The van der Waals surface area contributed by atoms with Gasteiger partial charge in [-0.3, -0.25) is 0 Å². The molecule has 0 saturated carbocycles. The van der Waals surface area contributed by atoms with E-state index in [4.69, 9.17) is 16.3 Å². The molecule has 2 aromatic carbocycles. The number of ether oxygens (including phenoxy) is 1. The van der Waals surface area contributed by atoms with Gasteiger partial charge in [-0.05, 0) is 30.8 Å². The molecule has 19 heavy (non-hydrogen) atoms. The van der Waals surface area contributed by atoms with E-state index in [1.807, 2.05) is 24.3 Å². The summed E-state index contributed by atoms with van der Waals surface area (Å²) in [5.74, 6) is 0.379. The third-order valence-corrected chi connectivity index (χ3v) is 3.32.